The van der Waals surface area contributed by atoms with Gasteiger partial charge in [0.15, 0.2) is 5.54 Å². The van der Waals surface area contributed by atoms with Crippen LogP contribution in [0.3, 0.4) is 0 Å². The maximum atomic E-state index is 14.8. The van der Waals surface area contributed by atoms with Gasteiger partial charge in [-0.2, -0.15) is 0 Å². The zero-order valence-corrected chi connectivity index (χ0v) is 33.3. The van der Waals surface area contributed by atoms with E-state index in [1.807, 2.05) is 24.3 Å². The van der Waals surface area contributed by atoms with Crippen molar-refractivity contribution in [2.24, 2.45) is 11.3 Å². The molecule has 3 aliphatic carbocycles. The second kappa shape index (κ2) is 14.8. The summed E-state index contributed by atoms with van der Waals surface area (Å²) >= 11 is 0. The van der Waals surface area contributed by atoms with E-state index in [0.717, 1.165) is 16.7 Å². The first kappa shape index (κ1) is 40.2. The Morgan fingerprint density at radius 3 is 2.53 bits per heavy atom. The molecule has 3 aliphatic heterocycles. The van der Waals surface area contributed by atoms with Crippen molar-refractivity contribution in [1.82, 2.24) is 30.5 Å². The molecule has 4 N–H and O–H groups in total. The van der Waals surface area contributed by atoms with E-state index in [9.17, 15) is 37.2 Å². The number of carbonyl (C=O) groups excluding carboxylic acids is 6. The van der Waals surface area contributed by atoms with Crippen molar-refractivity contribution < 1.29 is 51.4 Å². The van der Waals surface area contributed by atoms with Gasteiger partial charge in [-0.1, -0.05) is 57.2 Å². The number of hydrogen-bond acceptors (Lipinski definition) is 11. The highest BCUT2D eigenvalue weighted by molar-refractivity contribution is 7.91. The van der Waals surface area contributed by atoms with Crippen LogP contribution in [-0.2, 0) is 56.5 Å². The zero-order chi connectivity index (χ0) is 41.1. The SMILES string of the molecule is C=C[C@@H]1CC1(NC(=O)[C@@H]1C[C@@H]2CN1C(=O)[C@H](C(C)(C)C)NC(=O)[C@]1(NC(=O)OCC)CC1OC/C=C/c1cccc3c1CN(C3)C(=O)O2)C(=O)NS(=O)(=O)C1CC1. The lowest BCUT2D eigenvalue weighted by Crippen LogP contribution is -2.62. The normalized spacial score (nSPS) is 31.6. The second-order valence-corrected chi connectivity index (χ2v) is 18.7. The number of sulfonamides is 1. The van der Waals surface area contributed by atoms with Gasteiger partial charge < -0.3 is 35.1 Å². The predicted octanol–water partition coefficient (Wildman–Crippen LogP) is 1.61. The highest BCUT2D eigenvalue weighted by atomic mass is 32.2. The number of nitrogens with one attached hydrogen (secondary N) is 4. The quantitative estimate of drug-likeness (QED) is 0.277. The maximum absolute atomic E-state index is 14.8. The summed E-state index contributed by atoms with van der Waals surface area (Å²) in [5.41, 5.74) is -1.46. The monoisotopic (exact) mass is 810 g/mol. The van der Waals surface area contributed by atoms with E-state index in [1.165, 1.54) is 15.9 Å². The number of benzene rings is 1. The van der Waals surface area contributed by atoms with Crippen LogP contribution in [0.1, 0.15) is 76.5 Å². The van der Waals surface area contributed by atoms with E-state index < -0.39 is 97.8 Å². The Kier molecular flexibility index (Phi) is 10.4. The molecule has 0 spiro atoms. The first-order valence-electron chi connectivity index (χ1n) is 19.3. The fourth-order valence-electron chi connectivity index (χ4n) is 7.98. The topological polar surface area (TPSA) is 219 Å². The summed E-state index contributed by atoms with van der Waals surface area (Å²) in [4.78, 5) is 86.0. The molecule has 57 heavy (non-hydrogen) atoms. The molecule has 17 nitrogen and oxygen atoms in total. The van der Waals surface area contributed by atoms with Crippen molar-refractivity contribution in [3.05, 3.63) is 53.6 Å². The molecule has 4 fully saturated rings. The molecule has 6 amide bonds. The van der Waals surface area contributed by atoms with Gasteiger partial charge in [0.25, 0.3) is 5.91 Å². The van der Waals surface area contributed by atoms with Crippen LogP contribution in [0.15, 0.2) is 36.9 Å². The molecular formula is C39H50N6O11S. The first-order valence-corrected chi connectivity index (χ1v) is 20.9. The van der Waals surface area contributed by atoms with Crippen LogP contribution < -0.4 is 20.7 Å². The lowest BCUT2D eigenvalue weighted by Gasteiger charge is -2.36. The third-order valence-corrected chi connectivity index (χ3v) is 13.4. The van der Waals surface area contributed by atoms with Crippen LogP contribution in [0.25, 0.3) is 6.08 Å². The van der Waals surface area contributed by atoms with Crippen molar-refractivity contribution in [3.63, 3.8) is 0 Å². The number of nitrogens with zero attached hydrogens (tertiary/aromatic N) is 2. The van der Waals surface area contributed by atoms with Crippen molar-refractivity contribution in [1.29, 1.82) is 0 Å². The fraction of sp³-hybridized carbons (Fsp3) is 0.590. The molecule has 1 saturated heterocycles. The average molecular weight is 811 g/mol. The van der Waals surface area contributed by atoms with E-state index in [2.05, 4.69) is 27.3 Å². The van der Waals surface area contributed by atoms with Crippen LogP contribution >= 0.6 is 0 Å². The summed E-state index contributed by atoms with van der Waals surface area (Å²) in [6.45, 7) is 11.0. The van der Waals surface area contributed by atoms with Crippen molar-refractivity contribution >= 4 is 51.9 Å². The summed E-state index contributed by atoms with van der Waals surface area (Å²) in [5.74, 6) is -3.63. The molecule has 6 aliphatic rings. The van der Waals surface area contributed by atoms with Crippen molar-refractivity contribution in [2.75, 3.05) is 19.8 Å². The largest absolute Gasteiger partial charge is 0.450 e. The number of fused-ring (bicyclic) bond motifs is 4. The van der Waals surface area contributed by atoms with Crippen molar-refractivity contribution in [3.8, 4) is 0 Å². The Hall–Kier alpha value is -4.97. The molecule has 2 unspecified atom stereocenters. The Morgan fingerprint density at radius 1 is 1.11 bits per heavy atom. The second-order valence-electron chi connectivity index (χ2n) is 16.8. The molecule has 3 heterocycles. The van der Waals surface area contributed by atoms with E-state index >= 15 is 0 Å². The maximum Gasteiger partial charge on any atom is 0.410 e. The Balaban J connectivity index is 1.21. The van der Waals surface area contributed by atoms with E-state index in [1.54, 1.807) is 33.8 Å². The number of ether oxygens (including phenoxy) is 3. The third kappa shape index (κ3) is 7.85. The highest BCUT2D eigenvalue weighted by Crippen LogP contribution is 2.46. The van der Waals surface area contributed by atoms with Gasteiger partial charge >= 0.3 is 12.2 Å². The van der Waals surface area contributed by atoms with Gasteiger partial charge in [-0.15, -0.1) is 6.58 Å². The summed E-state index contributed by atoms with van der Waals surface area (Å²) < 4.78 is 44.7. The number of amides is 6. The zero-order valence-electron chi connectivity index (χ0n) is 32.5. The number of hydrogen-bond donors (Lipinski definition) is 4. The molecule has 308 valence electrons. The van der Waals surface area contributed by atoms with Crippen LogP contribution in [0, 0.1) is 11.3 Å². The lowest BCUT2D eigenvalue weighted by molar-refractivity contribution is -0.145. The summed E-state index contributed by atoms with van der Waals surface area (Å²) in [6, 6.07) is 3.13. The summed E-state index contributed by atoms with van der Waals surface area (Å²) in [6.07, 6.45) is 2.78. The summed E-state index contributed by atoms with van der Waals surface area (Å²) in [5, 5.41) is 7.52. The first-order chi connectivity index (χ1) is 26.9. The van der Waals surface area contributed by atoms with Gasteiger partial charge in [0.2, 0.25) is 27.7 Å². The summed E-state index contributed by atoms with van der Waals surface area (Å²) in [7, 11) is -3.95. The Labute approximate surface area is 331 Å². The van der Waals surface area contributed by atoms with Gasteiger partial charge in [-0.3, -0.25) is 28.8 Å². The fourth-order valence-corrected chi connectivity index (χ4v) is 9.34. The highest BCUT2D eigenvalue weighted by Gasteiger charge is 2.65. The van der Waals surface area contributed by atoms with E-state index in [0.29, 0.717) is 12.8 Å². The Bertz CT molecular complexity index is 2030. The molecule has 4 bridgehead atoms. The molecule has 0 aromatic heterocycles. The van der Waals surface area contributed by atoms with Crippen molar-refractivity contribution in [2.45, 2.75) is 114 Å². The van der Waals surface area contributed by atoms with Gasteiger partial charge in [0, 0.05) is 25.3 Å². The minimum Gasteiger partial charge on any atom is -0.450 e. The van der Waals surface area contributed by atoms with Crippen LogP contribution in [0.4, 0.5) is 9.59 Å². The average Bonchev–Trinajstić information content (AvgIpc) is 4.10. The molecular weight excluding hydrogens is 761 g/mol. The molecule has 3 saturated carbocycles. The van der Waals surface area contributed by atoms with Crippen LogP contribution in [-0.4, -0.2) is 114 Å². The minimum absolute atomic E-state index is 0.0523. The molecule has 1 aromatic carbocycles. The van der Waals surface area contributed by atoms with E-state index in [4.69, 9.17) is 14.2 Å². The smallest absolute Gasteiger partial charge is 0.410 e. The minimum atomic E-state index is -3.95. The molecule has 1 aromatic rings. The predicted molar refractivity (Wildman–Crippen MR) is 203 cm³/mol. The molecule has 18 heteroatoms. The standard InChI is InChI=1S/C39H50N6O11S/c1-6-24-17-38(24,34(49)43-57(52,53)26-13-14-26)41-31(46)28-16-25-20-45(28)32(47)30(37(3,4)5)40-33(48)39(42-35(50)54-7-2)18-29(39)55-15-9-12-22-10-8-11-23-19-44(21-27(22)23)36(51)56-25/h6,8-12,24-26,28-30H,1,7,13-21H2,2-5H3,(H,40,48)(H,41,46)(H,42,50)(H,43,49)/b12-9+/t24-,25-,28+,29?,30-,38?,39+/m1/s1. The van der Waals surface area contributed by atoms with Gasteiger partial charge in [0.1, 0.15) is 23.7 Å². The van der Waals surface area contributed by atoms with E-state index in [-0.39, 0.29) is 52.1 Å². The van der Waals surface area contributed by atoms with Gasteiger partial charge in [-0.25, -0.2) is 18.0 Å². The van der Waals surface area contributed by atoms with Crippen LogP contribution in [0.5, 0.6) is 0 Å². The number of rotatable bonds is 8. The Morgan fingerprint density at radius 2 is 1.86 bits per heavy atom. The molecule has 0 radical (unpaired) electrons. The van der Waals surface area contributed by atoms with Gasteiger partial charge in [-0.05, 0) is 48.3 Å². The third-order valence-electron chi connectivity index (χ3n) is 11.6. The molecule has 7 rings (SSSR count). The number of alkyl carbamates (subject to hydrolysis) is 1. The molecule has 7 atom stereocenters. The lowest BCUT2D eigenvalue weighted by atomic mass is 9.85. The number of carbonyl (C=O) groups is 6. The van der Waals surface area contributed by atoms with Gasteiger partial charge in [0.05, 0.1) is 37.7 Å². The van der Waals surface area contributed by atoms with Crippen LogP contribution in [0.2, 0.25) is 0 Å².